The van der Waals surface area contributed by atoms with Crippen LogP contribution in [0.25, 0.3) is 6.08 Å². The van der Waals surface area contributed by atoms with Crippen LogP contribution in [0.3, 0.4) is 0 Å². The second-order valence-electron chi connectivity index (χ2n) is 7.49. The first-order valence-electron chi connectivity index (χ1n) is 10.6. The van der Waals surface area contributed by atoms with E-state index in [1.807, 2.05) is 73.1 Å². The minimum atomic E-state index is -0.729. The number of imide groups is 1. The highest BCUT2D eigenvalue weighted by atomic mass is 35.5. The van der Waals surface area contributed by atoms with Crippen molar-refractivity contribution in [2.24, 2.45) is 0 Å². The number of carbonyl (C=O) groups is 3. The van der Waals surface area contributed by atoms with Crippen LogP contribution >= 0.6 is 11.6 Å². The molecule has 0 atom stereocenters. The van der Waals surface area contributed by atoms with E-state index in [1.165, 1.54) is 6.08 Å². The molecule has 0 aliphatic carbocycles. The van der Waals surface area contributed by atoms with Crippen molar-refractivity contribution >= 4 is 35.6 Å². The summed E-state index contributed by atoms with van der Waals surface area (Å²) in [6, 6.07) is 16.1. The molecule has 2 N–H and O–H groups in total. The van der Waals surface area contributed by atoms with Gasteiger partial charge in [-0.2, -0.15) is 5.10 Å². The zero-order chi connectivity index (χ0) is 24.5. The Morgan fingerprint density at radius 1 is 1.06 bits per heavy atom. The second kappa shape index (κ2) is 11.8. The zero-order valence-corrected chi connectivity index (χ0v) is 19.6. The Kier molecular flexibility index (Phi) is 8.59. The molecule has 176 valence electrons. The smallest absolute Gasteiger partial charge is 0.331 e. The van der Waals surface area contributed by atoms with Crippen molar-refractivity contribution in [1.82, 2.24) is 20.4 Å². The van der Waals surface area contributed by atoms with Gasteiger partial charge >= 0.3 is 12.0 Å². The maximum atomic E-state index is 12.0. The van der Waals surface area contributed by atoms with Gasteiger partial charge in [-0.3, -0.25) is 14.8 Å². The molecule has 0 aliphatic rings. The van der Waals surface area contributed by atoms with Gasteiger partial charge < -0.3 is 10.1 Å². The molecule has 0 fully saturated rings. The highest BCUT2D eigenvalue weighted by molar-refractivity contribution is 6.31. The first kappa shape index (κ1) is 24.7. The number of nitrogens with zero attached hydrogens (tertiary/aromatic N) is 2. The fourth-order valence-electron chi connectivity index (χ4n) is 3.22. The van der Waals surface area contributed by atoms with Gasteiger partial charge in [0.25, 0.3) is 5.91 Å². The summed E-state index contributed by atoms with van der Waals surface area (Å²) in [7, 11) is 0. The van der Waals surface area contributed by atoms with E-state index in [0.29, 0.717) is 11.6 Å². The van der Waals surface area contributed by atoms with Crippen LogP contribution in [0, 0.1) is 13.8 Å². The molecule has 9 heteroatoms. The van der Waals surface area contributed by atoms with Gasteiger partial charge in [-0.15, -0.1) is 0 Å². The predicted molar refractivity (Wildman–Crippen MR) is 129 cm³/mol. The van der Waals surface area contributed by atoms with Crippen molar-refractivity contribution in [2.75, 3.05) is 6.61 Å². The lowest BCUT2D eigenvalue weighted by Crippen LogP contribution is -2.41. The van der Waals surface area contributed by atoms with Gasteiger partial charge in [0.2, 0.25) is 0 Å². The van der Waals surface area contributed by atoms with E-state index < -0.39 is 24.5 Å². The number of carbonyl (C=O) groups excluding carboxylic acids is 3. The second-order valence-corrected chi connectivity index (χ2v) is 7.90. The Morgan fingerprint density at radius 2 is 1.76 bits per heavy atom. The minimum Gasteiger partial charge on any atom is -0.452 e. The summed E-state index contributed by atoms with van der Waals surface area (Å²) in [5.41, 5.74) is 4.19. The number of ether oxygens (including phenoxy) is 1. The van der Waals surface area contributed by atoms with Crippen molar-refractivity contribution in [1.29, 1.82) is 0 Å². The predicted octanol–water partition coefficient (Wildman–Crippen LogP) is 3.78. The largest absolute Gasteiger partial charge is 0.452 e. The first-order chi connectivity index (χ1) is 16.3. The minimum absolute atomic E-state index is 0.269. The fraction of sp³-hybridized carbons (Fsp3) is 0.200. The van der Waals surface area contributed by atoms with E-state index in [1.54, 1.807) is 6.08 Å². The molecule has 0 saturated carbocycles. The molecule has 0 saturated heterocycles. The van der Waals surface area contributed by atoms with E-state index in [9.17, 15) is 14.4 Å². The Bertz CT molecular complexity index is 1200. The molecule has 8 nitrogen and oxygen atoms in total. The number of aryl methyl sites for hydroxylation is 1. The number of esters is 1. The van der Waals surface area contributed by atoms with Crippen LogP contribution in [0.2, 0.25) is 5.02 Å². The number of rotatable bonds is 8. The molecule has 1 heterocycles. The summed E-state index contributed by atoms with van der Waals surface area (Å²) in [4.78, 5) is 35.7. The van der Waals surface area contributed by atoms with Crippen molar-refractivity contribution in [2.45, 2.75) is 26.9 Å². The summed E-state index contributed by atoms with van der Waals surface area (Å²) in [6.07, 6.45) is 2.81. The molecule has 2 aromatic carbocycles. The molecule has 0 radical (unpaired) electrons. The van der Waals surface area contributed by atoms with Gasteiger partial charge in [-0.25, -0.2) is 9.59 Å². The van der Waals surface area contributed by atoms with Crippen molar-refractivity contribution in [3.8, 4) is 0 Å². The number of aromatic nitrogens is 2. The Morgan fingerprint density at radius 3 is 2.50 bits per heavy atom. The Balaban J connectivity index is 1.48. The quantitative estimate of drug-likeness (QED) is 0.377. The van der Waals surface area contributed by atoms with Crippen LogP contribution in [0.5, 0.6) is 0 Å². The number of amides is 3. The maximum absolute atomic E-state index is 12.0. The molecule has 1 aromatic heterocycles. The molecule has 0 spiro atoms. The highest BCUT2D eigenvalue weighted by Gasteiger charge is 2.13. The van der Waals surface area contributed by atoms with Crippen molar-refractivity contribution < 1.29 is 19.1 Å². The van der Waals surface area contributed by atoms with E-state index in [0.717, 1.165) is 28.1 Å². The lowest BCUT2D eigenvalue weighted by atomic mass is 10.1. The topological polar surface area (TPSA) is 102 Å². The summed E-state index contributed by atoms with van der Waals surface area (Å²) in [5.74, 6) is -1.44. The standard InChI is InChI=1S/C25H25ClN4O4/c1-17-21(18(2)30(29-17)15-20-10-6-7-11-22(20)26)12-13-24(32)34-16-23(31)28-25(33)27-14-19-8-4-3-5-9-19/h3-13H,14-16H2,1-2H3,(H2,27,28,31,33)/b13-12+. The number of nitrogens with one attached hydrogen (secondary N) is 2. The molecule has 0 bridgehead atoms. The van der Waals surface area contributed by atoms with Crippen LogP contribution in [0.4, 0.5) is 4.79 Å². The van der Waals surface area contributed by atoms with Crippen LogP contribution < -0.4 is 10.6 Å². The van der Waals surface area contributed by atoms with Crippen LogP contribution in [0.15, 0.2) is 60.7 Å². The van der Waals surface area contributed by atoms with E-state index in [-0.39, 0.29) is 6.54 Å². The molecule has 0 aliphatic heterocycles. The summed E-state index contributed by atoms with van der Waals surface area (Å²) < 4.78 is 6.73. The lowest BCUT2D eigenvalue weighted by Gasteiger charge is -2.07. The molecule has 34 heavy (non-hydrogen) atoms. The molecule has 0 unspecified atom stereocenters. The summed E-state index contributed by atoms with van der Waals surface area (Å²) >= 11 is 6.24. The molecule has 3 amide bonds. The average Bonchev–Trinajstić information content (AvgIpc) is 3.09. The van der Waals surface area contributed by atoms with Crippen molar-refractivity contribution in [3.63, 3.8) is 0 Å². The SMILES string of the molecule is Cc1nn(Cc2ccccc2Cl)c(C)c1/C=C/C(=O)OCC(=O)NC(=O)NCc1ccccc1. The third kappa shape index (κ3) is 7.05. The number of hydrogen-bond donors (Lipinski definition) is 2. The van der Waals surface area contributed by atoms with Gasteiger partial charge in [-0.05, 0) is 37.1 Å². The van der Waals surface area contributed by atoms with Gasteiger partial charge in [0.15, 0.2) is 6.61 Å². The normalized spacial score (nSPS) is 10.8. The van der Waals surface area contributed by atoms with Crippen LogP contribution in [-0.4, -0.2) is 34.3 Å². The summed E-state index contributed by atoms with van der Waals surface area (Å²) in [5, 5.41) is 9.84. The average molecular weight is 481 g/mol. The van der Waals surface area contributed by atoms with E-state index in [2.05, 4.69) is 15.7 Å². The van der Waals surface area contributed by atoms with Gasteiger partial charge in [0.05, 0.1) is 12.2 Å². The fourth-order valence-corrected chi connectivity index (χ4v) is 3.41. The monoisotopic (exact) mass is 480 g/mol. The molecular weight excluding hydrogens is 456 g/mol. The molecule has 3 rings (SSSR count). The number of halogens is 1. The Hall–Kier alpha value is -3.91. The molecular formula is C25H25ClN4O4. The van der Waals surface area contributed by atoms with Crippen LogP contribution in [-0.2, 0) is 27.4 Å². The lowest BCUT2D eigenvalue weighted by molar-refractivity contribution is -0.143. The Labute approximate surface area is 202 Å². The highest BCUT2D eigenvalue weighted by Crippen LogP contribution is 2.20. The third-order valence-electron chi connectivity index (χ3n) is 5.00. The van der Waals surface area contributed by atoms with Gasteiger partial charge in [0, 0.05) is 28.9 Å². The van der Waals surface area contributed by atoms with E-state index in [4.69, 9.17) is 16.3 Å². The zero-order valence-electron chi connectivity index (χ0n) is 18.9. The third-order valence-corrected chi connectivity index (χ3v) is 5.36. The van der Waals surface area contributed by atoms with Gasteiger partial charge in [0.1, 0.15) is 0 Å². The van der Waals surface area contributed by atoms with Crippen molar-refractivity contribution in [3.05, 3.63) is 93.8 Å². The van der Waals surface area contributed by atoms with E-state index >= 15 is 0 Å². The number of urea groups is 1. The number of benzene rings is 2. The maximum Gasteiger partial charge on any atom is 0.331 e. The summed E-state index contributed by atoms with van der Waals surface area (Å²) in [6.45, 7) is 3.92. The van der Waals surface area contributed by atoms with Gasteiger partial charge in [-0.1, -0.05) is 60.1 Å². The molecule has 3 aromatic rings. The first-order valence-corrected chi connectivity index (χ1v) is 10.9. The van der Waals surface area contributed by atoms with Crippen LogP contribution in [0.1, 0.15) is 28.1 Å². The number of hydrogen-bond acceptors (Lipinski definition) is 5.